The molecule has 0 amide bonds. The van der Waals surface area contributed by atoms with E-state index in [0.29, 0.717) is 22.0 Å². The zero-order valence-corrected chi connectivity index (χ0v) is 21.5. The largest absolute Gasteiger partial charge is 0.463 e. The van der Waals surface area contributed by atoms with Gasteiger partial charge in [0, 0.05) is 33.1 Å². The van der Waals surface area contributed by atoms with Crippen LogP contribution in [0.3, 0.4) is 0 Å². The molecule has 2 heterocycles. The highest BCUT2D eigenvalue weighted by Crippen LogP contribution is 2.49. The van der Waals surface area contributed by atoms with Gasteiger partial charge in [0.2, 0.25) is 0 Å². The van der Waals surface area contributed by atoms with Crippen molar-refractivity contribution in [3.63, 3.8) is 0 Å². The summed E-state index contributed by atoms with van der Waals surface area (Å²) in [6.45, 7) is 1.99. The molecule has 0 saturated heterocycles. The predicted octanol–water partition coefficient (Wildman–Crippen LogP) is 6.79. The fraction of sp³-hybridized carbons (Fsp3) is 0.111. The molecule has 0 radical (unpaired) electrons. The lowest BCUT2D eigenvalue weighted by atomic mass is 9.91. The van der Waals surface area contributed by atoms with Crippen molar-refractivity contribution < 1.29 is 14.5 Å². The number of hydrogen-bond acceptors (Lipinski definition) is 7. The number of fused-ring (bicyclic) bond motifs is 1. The molecule has 7 nitrogen and oxygen atoms in total. The van der Waals surface area contributed by atoms with Crippen LogP contribution in [0.5, 0.6) is 0 Å². The monoisotopic (exact) mass is 561 g/mol. The third-order valence-electron chi connectivity index (χ3n) is 5.82. The number of carbonyl (C=O) groups excluding carboxylic acids is 1. The summed E-state index contributed by atoms with van der Waals surface area (Å²) in [6, 6.07) is 23.2. The minimum absolute atomic E-state index is 0.00729. The van der Waals surface area contributed by atoms with Gasteiger partial charge in [-0.3, -0.25) is 10.1 Å². The van der Waals surface area contributed by atoms with Crippen LogP contribution in [0.25, 0.3) is 11.4 Å². The Morgan fingerprint density at radius 2 is 1.81 bits per heavy atom. The number of hydrogen-bond donors (Lipinski definition) is 0. The number of ether oxygens (including phenoxy) is 1. The summed E-state index contributed by atoms with van der Waals surface area (Å²) in [7, 11) is 0. The maximum Gasteiger partial charge on any atom is 0.338 e. The molecule has 0 bridgehead atoms. The first-order valence-corrected chi connectivity index (χ1v) is 12.9. The van der Waals surface area contributed by atoms with E-state index >= 15 is 0 Å². The first-order chi connectivity index (χ1) is 17.5. The zero-order chi connectivity index (χ0) is 25.2. The molecule has 0 aliphatic carbocycles. The second kappa shape index (κ2) is 10.1. The number of carbonyl (C=O) groups is 1. The Bertz CT molecular complexity index is 1430. The van der Waals surface area contributed by atoms with E-state index in [0.717, 1.165) is 21.3 Å². The maximum atomic E-state index is 13.5. The number of nitrogens with zero attached hydrogens (tertiary/aromatic N) is 3. The Kier molecular flexibility index (Phi) is 6.75. The first kappa shape index (κ1) is 24.0. The quantitative estimate of drug-likeness (QED) is 0.187. The van der Waals surface area contributed by atoms with Crippen molar-refractivity contribution in [3.05, 3.63) is 121 Å². The molecular weight excluding hydrogens is 542 g/mol. The molecule has 36 heavy (non-hydrogen) atoms. The Hall–Kier alpha value is -3.69. The Labute approximate surface area is 220 Å². The summed E-state index contributed by atoms with van der Waals surface area (Å²) in [5, 5.41) is 14.0. The Balaban J connectivity index is 1.73. The number of non-ortho nitro benzene ring substituents is 1. The van der Waals surface area contributed by atoms with E-state index in [-0.39, 0.29) is 12.3 Å². The van der Waals surface area contributed by atoms with Crippen LogP contribution in [0.4, 0.5) is 5.69 Å². The number of rotatable bonds is 6. The van der Waals surface area contributed by atoms with Crippen LogP contribution in [0.15, 0.2) is 99.3 Å². The van der Waals surface area contributed by atoms with Crippen molar-refractivity contribution in [2.45, 2.75) is 13.0 Å². The normalized spacial score (nSPS) is 16.8. The average Bonchev–Trinajstić information content (AvgIpc) is 3.33. The molecule has 3 aromatic carbocycles. The van der Waals surface area contributed by atoms with Crippen LogP contribution in [0.1, 0.15) is 29.7 Å². The lowest BCUT2D eigenvalue weighted by molar-refractivity contribution is -0.384. The number of aliphatic imine (C=N–C) groups is 1. The van der Waals surface area contributed by atoms with Crippen molar-refractivity contribution in [2.75, 3.05) is 6.61 Å². The number of nitro benzene ring substituents is 1. The van der Waals surface area contributed by atoms with Gasteiger partial charge in [-0.2, -0.15) is 0 Å². The SMILES string of the molecule is CCOC(=O)C1=C(c2ccccc2)N=C2SC=C(c3cccc([N+](=O)[O-])c3)N2C1c1ccc(Br)cc1. The van der Waals surface area contributed by atoms with E-state index in [2.05, 4.69) is 15.9 Å². The highest BCUT2D eigenvalue weighted by atomic mass is 79.9. The second-order valence-corrected chi connectivity index (χ2v) is 9.75. The topological polar surface area (TPSA) is 85.0 Å². The standard InChI is InChI=1S/C27H20BrN3O4S/c1-2-35-26(32)23-24(17-7-4-3-5-8-17)29-27-30(25(23)18-11-13-20(28)14-12-18)22(16-36-27)19-9-6-10-21(15-19)31(33)34/h3-16,25H,2H2,1H3. The maximum absolute atomic E-state index is 13.5. The van der Waals surface area contributed by atoms with E-state index in [1.807, 2.05) is 71.0 Å². The Morgan fingerprint density at radius 1 is 1.08 bits per heavy atom. The number of thioether (sulfide) groups is 1. The summed E-state index contributed by atoms with van der Waals surface area (Å²) < 4.78 is 6.44. The molecule has 5 rings (SSSR count). The summed E-state index contributed by atoms with van der Waals surface area (Å²) in [4.78, 5) is 31.4. The number of esters is 1. The summed E-state index contributed by atoms with van der Waals surface area (Å²) in [5.74, 6) is -0.456. The van der Waals surface area contributed by atoms with Crippen LogP contribution in [0.2, 0.25) is 0 Å². The molecule has 0 spiro atoms. The van der Waals surface area contributed by atoms with Crippen LogP contribution < -0.4 is 0 Å². The van der Waals surface area contributed by atoms with Crippen molar-refractivity contribution in [1.29, 1.82) is 0 Å². The molecule has 2 aliphatic rings. The van der Waals surface area contributed by atoms with Crippen LogP contribution >= 0.6 is 27.7 Å². The van der Waals surface area contributed by atoms with Crippen LogP contribution in [0, 0.1) is 10.1 Å². The minimum Gasteiger partial charge on any atom is -0.463 e. The molecule has 0 fully saturated rings. The highest BCUT2D eigenvalue weighted by molar-refractivity contribution is 9.10. The van der Waals surface area contributed by atoms with Crippen molar-refractivity contribution in [2.24, 2.45) is 4.99 Å². The van der Waals surface area contributed by atoms with Gasteiger partial charge in [0.1, 0.15) is 0 Å². The zero-order valence-electron chi connectivity index (χ0n) is 19.1. The highest BCUT2D eigenvalue weighted by Gasteiger charge is 2.42. The van der Waals surface area contributed by atoms with E-state index in [9.17, 15) is 14.9 Å². The Morgan fingerprint density at radius 3 is 2.50 bits per heavy atom. The van der Waals surface area contributed by atoms with Gasteiger partial charge in [0.15, 0.2) is 5.17 Å². The molecule has 0 N–H and O–H groups in total. The fourth-order valence-electron chi connectivity index (χ4n) is 4.25. The van der Waals surface area contributed by atoms with Gasteiger partial charge in [0.05, 0.1) is 34.5 Å². The molecule has 2 aliphatic heterocycles. The second-order valence-electron chi connectivity index (χ2n) is 8.00. The summed E-state index contributed by atoms with van der Waals surface area (Å²) >= 11 is 4.91. The third kappa shape index (κ3) is 4.47. The van der Waals surface area contributed by atoms with E-state index < -0.39 is 16.9 Å². The van der Waals surface area contributed by atoms with Crippen molar-refractivity contribution >= 4 is 55.9 Å². The van der Waals surface area contributed by atoms with Crippen molar-refractivity contribution in [1.82, 2.24) is 4.90 Å². The number of amidine groups is 1. The fourth-order valence-corrected chi connectivity index (χ4v) is 5.44. The molecular formula is C27H20BrN3O4S. The van der Waals surface area contributed by atoms with Gasteiger partial charge >= 0.3 is 5.97 Å². The number of benzene rings is 3. The molecule has 3 aromatic rings. The third-order valence-corrected chi connectivity index (χ3v) is 7.19. The lowest BCUT2D eigenvalue weighted by Gasteiger charge is -2.37. The molecule has 0 saturated carbocycles. The van der Waals surface area contributed by atoms with Gasteiger partial charge in [-0.15, -0.1) is 0 Å². The van der Waals surface area contributed by atoms with Crippen molar-refractivity contribution in [3.8, 4) is 0 Å². The van der Waals surface area contributed by atoms with E-state index in [4.69, 9.17) is 9.73 Å². The smallest absolute Gasteiger partial charge is 0.338 e. The minimum atomic E-state index is -0.555. The van der Waals surface area contributed by atoms with Gasteiger partial charge in [-0.1, -0.05) is 82.3 Å². The van der Waals surface area contributed by atoms with E-state index in [1.165, 1.54) is 23.9 Å². The molecule has 1 unspecified atom stereocenters. The van der Waals surface area contributed by atoms with E-state index in [1.54, 1.807) is 13.0 Å². The van der Waals surface area contributed by atoms with Gasteiger partial charge in [-0.05, 0) is 24.6 Å². The number of nitro groups is 1. The molecule has 180 valence electrons. The lowest BCUT2D eigenvalue weighted by Crippen LogP contribution is -2.36. The average molecular weight is 562 g/mol. The first-order valence-electron chi connectivity index (χ1n) is 11.2. The predicted molar refractivity (Wildman–Crippen MR) is 145 cm³/mol. The van der Waals surface area contributed by atoms with Gasteiger partial charge in [0.25, 0.3) is 5.69 Å². The molecule has 0 aromatic heterocycles. The summed E-state index contributed by atoms with van der Waals surface area (Å²) in [6.07, 6.45) is 0. The number of halogens is 1. The summed E-state index contributed by atoms with van der Waals surface area (Å²) in [5.41, 5.74) is 4.01. The molecule has 1 atom stereocenters. The van der Waals surface area contributed by atoms with Crippen LogP contribution in [-0.4, -0.2) is 27.6 Å². The van der Waals surface area contributed by atoms with Gasteiger partial charge in [-0.25, -0.2) is 9.79 Å². The van der Waals surface area contributed by atoms with Crippen LogP contribution in [-0.2, 0) is 9.53 Å². The molecule has 9 heteroatoms. The van der Waals surface area contributed by atoms with Gasteiger partial charge < -0.3 is 9.64 Å².